The van der Waals surface area contributed by atoms with E-state index in [1.807, 2.05) is 0 Å². The predicted molar refractivity (Wildman–Crippen MR) is 88.7 cm³/mol. The number of amides is 1. The maximum atomic E-state index is 13.4. The Morgan fingerprint density at radius 3 is 2.30 bits per heavy atom. The molecule has 0 saturated heterocycles. The molecule has 2 aromatic carbocycles. The van der Waals surface area contributed by atoms with E-state index < -0.39 is 46.7 Å². The van der Waals surface area contributed by atoms with Crippen molar-refractivity contribution in [1.29, 1.82) is 0 Å². The van der Waals surface area contributed by atoms with Gasteiger partial charge in [-0.05, 0) is 36.4 Å². The summed E-state index contributed by atoms with van der Waals surface area (Å²) in [5, 5.41) is 2.20. The monoisotopic (exact) mass is 400 g/mol. The van der Waals surface area contributed by atoms with Gasteiger partial charge < -0.3 is 10.1 Å². The van der Waals surface area contributed by atoms with Crippen molar-refractivity contribution in [3.8, 4) is 0 Å². The summed E-state index contributed by atoms with van der Waals surface area (Å²) in [6, 6.07) is 9.30. The molecule has 0 atom stereocenters. The highest BCUT2D eigenvalue weighted by Gasteiger charge is 2.16. The third kappa shape index (κ3) is 6.40. The molecule has 2 rings (SSSR count). The van der Waals surface area contributed by atoms with Crippen LogP contribution in [0.4, 0.5) is 14.5 Å². The van der Waals surface area contributed by atoms with Gasteiger partial charge in [0.1, 0.15) is 11.6 Å². The molecule has 0 heterocycles. The molecule has 144 valence electrons. The van der Waals surface area contributed by atoms with Crippen LogP contribution in [0.1, 0.15) is 0 Å². The molecule has 2 aromatic rings. The van der Waals surface area contributed by atoms with Gasteiger partial charge in [-0.2, -0.15) is 0 Å². The fraction of sp³-hybridized carbons (Fsp3) is 0.125. The van der Waals surface area contributed by atoms with Crippen molar-refractivity contribution in [2.45, 2.75) is 4.90 Å². The Kier molecular flexibility index (Phi) is 6.93. The number of rotatable bonds is 8. The van der Waals surface area contributed by atoms with E-state index in [0.29, 0.717) is 0 Å². The number of benzene rings is 2. The van der Waals surface area contributed by atoms with E-state index in [1.165, 1.54) is 18.2 Å². The maximum absolute atomic E-state index is 13.4. The van der Waals surface area contributed by atoms with Gasteiger partial charge in [0.2, 0.25) is 0 Å². The lowest BCUT2D eigenvalue weighted by Gasteiger charge is -2.08. The van der Waals surface area contributed by atoms with E-state index in [9.17, 15) is 26.8 Å². The molecule has 0 spiro atoms. The molecule has 8 nitrogen and oxygen atoms in total. The highest BCUT2D eigenvalue weighted by atomic mass is 32.2. The SMILES string of the molecule is O=C(COC(=O)CONS(=O)(=O)c1ccc(F)cc1)Nc1ccccc1F. The van der Waals surface area contributed by atoms with E-state index in [0.717, 1.165) is 30.3 Å². The van der Waals surface area contributed by atoms with Crippen LogP contribution >= 0.6 is 0 Å². The van der Waals surface area contributed by atoms with E-state index in [4.69, 9.17) is 0 Å². The summed E-state index contributed by atoms with van der Waals surface area (Å²) < 4.78 is 54.3. The predicted octanol–water partition coefficient (Wildman–Crippen LogP) is 1.36. The smallest absolute Gasteiger partial charge is 0.334 e. The van der Waals surface area contributed by atoms with E-state index >= 15 is 0 Å². The molecular formula is C16H14F2N2O6S. The number of hydrogen-bond acceptors (Lipinski definition) is 6. The molecule has 0 aliphatic rings. The summed E-state index contributed by atoms with van der Waals surface area (Å²) in [4.78, 5) is 28.9. The Hall–Kier alpha value is -2.89. The van der Waals surface area contributed by atoms with Gasteiger partial charge in [-0.15, -0.1) is 0 Å². The molecule has 0 unspecified atom stereocenters. The first kappa shape index (κ1) is 20.4. The van der Waals surface area contributed by atoms with Gasteiger partial charge in [-0.3, -0.25) is 9.63 Å². The zero-order valence-electron chi connectivity index (χ0n) is 13.6. The normalized spacial score (nSPS) is 11.0. The molecule has 27 heavy (non-hydrogen) atoms. The molecule has 0 aliphatic heterocycles. The molecular weight excluding hydrogens is 386 g/mol. The topological polar surface area (TPSA) is 111 Å². The van der Waals surface area contributed by atoms with E-state index in [2.05, 4.69) is 14.9 Å². The van der Waals surface area contributed by atoms with Crippen LogP contribution in [-0.4, -0.2) is 33.5 Å². The average molecular weight is 400 g/mol. The standard InChI is InChI=1S/C16H14F2N2O6S/c17-11-5-7-12(8-6-11)27(23,24)20-26-10-16(22)25-9-15(21)19-14-4-2-1-3-13(14)18/h1-8,20H,9-10H2,(H,19,21). The van der Waals surface area contributed by atoms with Crippen molar-refractivity contribution >= 4 is 27.6 Å². The van der Waals surface area contributed by atoms with Gasteiger partial charge in [0, 0.05) is 0 Å². The molecule has 11 heteroatoms. The minimum atomic E-state index is -4.12. The largest absolute Gasteiger partial charge is 0.454 e. The number of carbonyl (C=O) groups is 2. The second-order valence-electron chi connectivity index (χ2n) is 5.02. The number of hydrogen-bond donors (Lipinski definition) is 2. The molecule has 0 radical (unpaired) electrons. The first-order valence-corrected chi connectivity index (χ1v) is 8.85. The van der Waals surface area contributed by atoms with Gasteiger partial charge in [0.15, 0.2) is 13.2 Å². The number of para-hydroxylation sites is 1. The zero-order valence-corrected chi connectivity index (χ0v) is 14.5. The molecule has 0 aliphatic carbocycles. The molecule has 2 N–H and O–H groups in total. The Labute approximate surface area is 153 Å². The van der Waals surface area contributed by atoms with Crippen molar-refractivity contribution in [2.24, 2.45) is 0 Å². The van der Waals surface area contributed by atoms with Crippen LogP contribution in [-0.2, 0) is 29.2 Å². The first-order valence-electron chi connectivity index (χ1n) is 7.37. The number of halogens is 2. The minimum absolute atomic E-state index is 0.0816. The molecule has 1 amide bonds. The fourth-order valence-electron chi connectivity index (χ4n) is 1.76. The van der Waals surface area contributed by atoms with Crippen molar-refractivity contribution in [2.75, 3.05) is 18.5 Å². The van der Waals surface area contributed by atoms with Crippen LogP contribution in [0.5, 0.6) is 0 Å². The minimum Gasteiger partial charge on any atom is -0.454 e. The van der Waals surface area contributed by atoms with Crippen LogP contribution < -0.4 is 10.2 Å². The molecule has 0 fully saturated rings. The fourth-order valence-corrected chi connectivity index (χ4v) is 2.57. The molecule has 0 bridgehead atoms. The quantitative estimate of drug-likeness (QED) is 0.511. The molecule has 0 aromatic heterocycles. The Morgan fingerprint density at radius 2 is 1.63 bits per heavy atom. The lowest BCUT2D eigenvalue weighted by atomic mass is 10.3. The van der Waals surface area contributed by atoms with Crippen LogP contribution in [0.3, 0.4) is 0 Å². The van der Waals surface area contributed by atoms with E-state index in [1.54, 1.807) is 4.89 Å². The number of esters is 1. The summed E-state index contributed by atoms with van der Waals surface area (Å²) >= 11 is 0. The second kappa shape index (κ2) is 9.16. The van der Waals surface area contributed by atoms with Gasteiger partial charge >= 0.3 is 5.97 Å². The van der Waals surface area contributed by atoms with Crippen molar-refractivity contribution in [3.63, 3.8) is 0 Å². The Bertz CT molecular complexity index is 919. The van der Waals surface area contributed by atoms with Crippen molar-refractivity contribution < 1.29 is 36.4 Å². The third-order valence-electron chi connectivity index (χ3n) is 2.99. The van der Waals surface area contributed by atoms with Gasteiger partial charge in [-0.1, -0.05) is 17.0 Å². The summed E-state index contributed by atoms with van der Waals surface area (Å²) in [5.74, 6) is -3.11. The third-order valence-corrected chi connectivity index (χ3v) is 4.22. The van der Waals surface area contributed by atoms with E-state index in [-0.39, 0.29) is 10.6 Å². The Morgan fingerprint density at radius 1 is 0.963 bits per heavy atom. The summed E-state index contributed by atoms with van der Waals surface area (Å²) in [6.45, 7) is -1.55. The maximum Gasteiger partial charge on any atom is 0.334 e. The number of nitrogens with one attached hydrogen (secondary N) is 2. The summed E-state index contributed by atoms with van der Waals surface area (Å²) in [5.41, 5.74) is -0.0816. The number of ether oxygens (including phenoxy) is 1. The summed E-state index contributed by atoms with van der Waals surface area (Å²) in [7, 11) is -4.12. The van der Waals surface area contributed by atoms with Crippen LogP contribution in [0, 0.1) is 11.6 Å². The first-order chi connectivity index (χ1) is 12.8. The lowest BCUT2D eigenvalue weighted by molar-refractivity contribution is -0.152. The second-order valence-corrected chi connectivity index (χ2v) is 6.66. The van der Waals surface area contributed by atoms with Gasteiger partial charge in [0.05, 0.1) is 10.6 Å². The van der Waals surface area contributed by atoms with Crippen molar-refractivity contribution in [3.05, 3.63) is 60.2 Å². The van der Waals surface area contributed by atoms with Crippen LogP contribution in [0.25, 0.3) is 0 Å². The van der Waals surface area contributed by atoms with Crippen LogP contribution in [0.15, 0.2) is 53.4 Å². The van der Waals surface area contributed by atoms with Gasteiger partial charge in [0.25, 0.3) is 15.9 Å². The Balaban J connectivity index is 1.74. The highest BCUT2D eigenvalue weighted by Crippen LogP contribution is 2.12. The number of sulfonamides is 1. The lowest BCUT2D eigenvalue weighted by Crippen LogP contribution is -2.29. The summed E-state index contributed by atoms with van der Waals surface area (Å²) in [6.07, 6.45) is 0. The zero-order chi connectivity index (χ0) is 19.9. The highest BCUT2D eigenvalue weighted by molar-refractivity contribution is 7.89. The van der Waals surface area contributed by atoms with Gasteiger partial charge in [-0.25, -0.2) is 22.0 Å². The number of carbonyl (C=O) groups excluding carboxylic acids is 2. The number of anilines is 1. The van der Waals surface area contributed by atoms with Crippen molar-refractivity contribution in [1.82, 2.24) is 4.89 Å². The molecule has 0 saturated carbocycles. The average Bonchev–Trinajstić information content (AvgIpc) is 2.62. The van der Waals surface area contributed by atoms with Crippen LogP contribution in [0.2, 0.25) is 0 Å².